The number of benzene rings is 1. The smallest absolute Gasteiger partial charge is 0.305 e. The molecule has 1 atom stereocenters. The average Bonchev–Trinajstić information content (AvgIpc) is 2.47. The molecule has 0 saturated heterocycles. The molecule has 1 heterocycles. The topological polar surface area (TPSA) is 49.3 Å². The molecule has 2 N–H and O–H groups in total. The lowest BCUT2D eigenvalue weighted by Gasteiger charge is -2.07. The van der Waals surface area contributed by atoms with E-state index >= 15 is 0 Å². The maximum Gasteiger partial charge on any atom is 0.305 e. The van der Waals surface area contributed by atoms with Crippen LogP contribution in [0, 0.1) is 5.82 Å². The molecule has 0 spiro atoms. The predicted molar refractivity (Wildman–Crippen MR) is 49.8 cm³/mol. The fourth-order valence-electron chi connectivity index (χ4n) is 1.76. The van der Waals surface area contributed by atoms with Gasteiger partial charge in [0, 0.05) is 6.04 Å². The number of hydrogen-bond acceptors (Lipinski definition) is 2. The summed E-state index contributed by atoms with van der Waals surface area (Å²) in [6.07, 6.45) is 0.605. The summed E-state index contributed by atoms with van der Waals surface area (Å²) in [4.78, 5) is 10.5. The molecule has 1 aromatic carbocycles. The number of halogens is 1. The number of carboxylic acid groups (broad SMARTS) is 1. The molecule has 0 aliphatic carbocycles. The molecule has 0 fully saturated rings. The summed E-state index contributed by atoms with van der Waals surface area (Å²) in [5, 5.41) is 11.5. The van der Waals surface area contributed by atoms with Crippen LogP contribution in [0.4, 0.5) is 10.1 Å². The van der Waals surface area contributed by atoms with E-state index < -0.39 is 5.97 Å². The number of aliphatic carboxylic acids is 1. The first-order valence-electron chi connectivity index (χ1n) is 4.42. The van der Waals surface area contributed by atoms with Crippen LogP contribution < -0.4 is 5.32 Å². The summed E-state index contributed by atoms with van der Waals surface area (Å²) >= 11 is 0. The molecule has 0 saturated carbocycles. The van der Waals surface area contributed by atoms with E-state index in [1.807, 2.05) is 6.07 Å². The molecule has 3 nitrogen and oxygen atoms in total. The van der Waals surface area contributed by atoms with Gasteiger partial charge in [-0.1, -0.05) is 12.1 Å². The number of fused-ring (bicyclic) bond motifs is 1. The Bertz CT molecular complexity index is 378. The van der Waals surface area contributed by atoms with E-state index in [0.717, 1.165) is 5.56 Å². The fourth-order valence-corrected chi connectivity index (χ4v) is 1.76. The van der Waals surface area contributed by atoms with E-state index in [1.165, 1.54) is 6.07 Å². The monoisotopic (exact) mass is 195 g/mol. The molecular formula is C10H10FNO2. The largest absolute Gasteiger partial charge is 0.481 e. The zero-order chi connectivity index (χ0) is 10.1. The predicted octanol–water partition coefficient (Wildman–Crippen LogP) is 1.64. The summed E-state index contributed by atoms with van der Waals surface area (Å²) in [7, 11) is 0. The van der Waals surface area contributed by atoms with E-state index in [2.05, 4.69) is 5.32 Å². The van der Waals surface area contributed by atoms with Gasteiger partial charge in [0.2, 0.25) is 0 Å². The molecule has 1 unspecified atom stereocenters. The lowest BCUT2D eigenvalue weighted by Crippen LogP contribution is -2.19. The summed E-state index contributed by atoms with van der Waals surface area (Å²) in [6, 6.07) is 4.64. The maximum atomic E-state index is 13.2. The summed E-state index contributed by atoms with van der Waals surface area (Å²) in [6.45, 7) is 0. The normalized spacial score (nSPS) is 18.8. The van der Waals surface area contributed by atoms with Crippen LogP contribution in [0.25, 0.3) is 0 Å². The Morgan fingerprint density at radius 2 is 2.43 bits per heavy atom. The van der Waals surface area contributed by atoms with Crippen LogP contribution in [0.15, 0.2) is 18.2 Å². The first kappa shape index (κ1) is 8.99. The first-order valence-corrected chi connectivity index (χ1v) is 4.42. The quantitative estimate of drug-likeness (QED) is 0.754. The van der Waals surface area contributed by atoms with E-state index in [1.54, 1.807) is 6.07 Å². The number of nitrogens with one attached hydrogen (secondary N) is 1. The molecular weight excluding hydrogens is 185 g/mol. The minimum absolute atomic E-state index is 0.0219. The van der Waals surface area contributed by atoms with Gasteiger partial charge in [0.05, 0.1) is 12.1 Å². The molecule has 0 bridgehead atoms. The zero-order valence-corrected chi connectivity index (χ0v) is 7.46. The van der Waals surface area contributed by atoms with Gasteiger partial charge in [0.1, 0.15) is 5.82 Å². The Labute approximate surface area is 80.6 Å². The van der Waals surface area contributed by atoms with Gasteiger partial charge in [-0.15, -0.1) is 0 Å². The average molecular weight is 195 g/mol. The molecule has 0 radical (unpaired) electrons. The molecule has 1 aliphatic heterocycles. The second kappa shape index (κ2) is 3.29. The molecule has 1 aromatic rings. The van der Waals surface area contributed by atoms with E-state index in [-0.39, 0.29) is 18.3 Å². The van der Waals surface area contributed by atoms with Gasteiger partial charge in [-0.3, -0.25) is 4.79 Å². The fraction of sp³-hybridized carbons (Fsp3) is 0.300. The minimum Gasteiger partial charge on any atom is -0.481 e. The molecule has 0 amide bonds. The van der Waals surface area contributed by atoms with Crippen molar-refractivity contribution in [3.05, 3.63) is 29.6 Å². The SMILES string of the molecule is O=C(O)CC1Cc2cccc(F)c2N1. The van der Waals surface area contributed by atoms with E-state index in [4.69, 9.17) is 5.11 Å². The lowest BCUT2D eigenvalue weighted by molar-refractivity contribution is -0.137. The Morgan fingerprint density at radius 1 is 1.64 bits per heavy atom. The Balaban J connectivity index is 2.18. The van der Waals surface area contributed by atoms with Crippen molar-refractivity contribution < 1.29 is 14.3 Å². The first-order chi connectivity index (χ1) is 6.66. The Morgan fingerprint density at radius 3 is 3.07 bits per heavy atom. The lowest BCUT2D eigenvalue weighted by atomic mass is 10.1. The molecule has 2 rings (SSSR count). The highest BCUT2D eigenvalue weighted by molar-refractivity contribution is 5.70. The van der Waals surface area contributed by atoms with Crippen LogP contribution in [0.5, 0.6) is 0 Å². The number of hydrogen-bond donors (Lipinski definition) is 2. The molecule has 4 heteroatoms. The summed E-state index contributed by atoms with van der Waals surface area (Å²) in [5.41, 5.74) is 1.31. The second-order valence-electron chi connectivity index (χ2n) is 3.42. The van der Waals surface area contributed by atoms with Gasteiger partial charge in [0.15, 0.2) is 0 Å². The van der Waals surface area contributed by atoms with Crippen molar-refractivity contribution in [1.29, 1.82) is 0 Å². The van der Waals surface area contributed by atoms with Gasteiger partial charge in [-0.2, -0.15) is 0 Å². The second-order valence-corrected chi connectivity index (χ2v) is 3.42. The maximum absolute atomic E-state index is 13.2. The summed E-state index contributed by atoms with van der Waals surface area (Å²) in [5.74, 6) is -1.17. The van der Waals surface area contributed by atoms with Crippen molar-refractivity contribution >= 4 is 11.7 Å². The number of carboxylic acids is 1. The number of para-hydroxylation sites is 1. The third kappa shape index (κ3) is 1.55. The van der Waals surface area contributed by atoms with Crippen molar-refractivity contribution in [1.82, 2.24) is 0 Å². The molecule has 0 aromatic heterocycles. The van der Waals surface area contributed by atoms with E-state index in [9.17, 15) is 9.18 Å². The number of carbonyl (C=O) groups is 1. The number of rotatable bonds is 2. The van der Waals surface area contributed by atoms with Gasteiger partial charge in [-0.25, -0.2) is 4.39 Å². The van der Waals surface area contributed by atoms with Crippen LogP contribution in [0.1, 0.15) is 12.0 Å². The molecule has 74 valence electrons. The van der Waals surface area contributed by atoms with Crippen molar-refractivity contribution in [3.63, 3.8) is 0 Å². The van der Waals surface area contributed by atoms with Gasteiger partial charge < -0.3 is 10.4 Å². The molecule has 1 aliphatic rings. The van der Waals surface area contributed by atoms with Crippen molar-refractivity contribution in [2.24, 2.45) is 0 Å². The highest BCUT2D eigenvalue weighted by Gasteiger charge is 2.24. The Kier molecular flexibility index (Phi) is 2.11. The standard InChI is InChI=1S/C10H10FNO2/c11-8-3-1-2-6-4-7(5-9(13)14)12-10(6)8/h1-3,7,12H,4-5H2,(H,13,14). The Hall–Kier alpha value is -1.58. The zero-order valence-electron chi connectivity index (χ0n) is 7.46. The van der Waals surface area contributed by atoms with Crippen LogP contribution in [0.2, 0.25) is 0 Å². The van der Waals surface area contributed by atoms with Crippen LogP contribution in [0.3, 0.4) is 0 Å². The van der Waals surface area contributed by atoms with Crippen LogP contribution >= 0.6 is 0 Å². The van der Waals surface area contributed by atoms with Gasteiger partial charge in [-0.05, 0) is 18.1 Å². The highest BCUT2D eigenvalue weighted by Crippen LogP contribution is 2.29. The molecule has 14 heavy (non-hydrogen) atoms. The van der Waals surface area contributed by atoms with Gasteiger partial charge in [0.25, 0.3) is 0 Å². The third-order valence-electron chi connectivity index (χ3n) is 2.34. The third-order valence-corrected chi connectivity index (χ3v) is 2.34. The summed E-state index contributed by atoms with van der Waals surface area (Å²) < 4.78 is 13.2. The van der Waals surface area contributed by atoms with Gasteiger partial charge >= 0.3 is 5.97 Å². The van der Waals surface area contributed by atoms with Crippen LogP contribution in [-0.4, -0.2) is 17.1 Å². The van der Waals surface area contributed by atoms with Crippen molar-refractivity contribution in [3.8, 4) is 0 Å². The number of anilines is 1. The van der Waals surface area contributed by atoms with E-state index in [0.29, 0.717) is 12.1 Å². The highest BCUT2D eigenvalue weighted by atomic mass is 19.1. The van der Waals surface area contributed by atoms with Crippen molar-refractivity contribution in [2.75, 3.05) is 5.32 Å². The van der Waals surface area contributed by atoms with Crippen molar-refractivity contribution in [2.45, 2.75) is 18.9 Å². The van der Waals surface area contributed by atoms with Crippen LogP contribution in [-0.2, 0) is 11.2 Å². The minimum atomic E-state index is -0.865.